The van der Waals surface area contributed by atoms with Gasteiger partial charge in [-0.1, -0.05) is 55.6 Å². The summed E-state index contributed by atoms with van der Waals surface area (Å²) in [5.74, 6) is 0. The van der Waals surface area contributed by atoms with Crippen LogP contribution in [0.3, 0.4) is 0 Å². The Balaban J connectivity index is 2.44. The van der Waals surface area contributed by atoms with Crippen LogP contribution in [0.4, 0.5) is 5.69 Å². The van der Waals surface area contributed by atoms with E-state index in [-0.39, 0.29) is 0 Å². The Labute approximate surface area is 126 Å². The molecule has 0 fully saturated rings. The van der Waals surface area contributed by atoms with Gasteiger partial charge < -0.3 is 4.90 Å². The highest BCUT2D eigenvalue weighted by Gasteiger charge is 2.05. The second kappa shape index (κ2) is 6.71. The van der Waals surface area contributed by atoms with E-state index in [4.69, 9.17) is 0 Å². The molecule has 0 aliphatic rings. The van der Waals surface area contributed by atoms with Crippen LogP contribution in [0.1, 0.15) is 5.56 Å². The number of hydrogen-bond donors (Lipinski definition) is 0. The Morgan fingerprint density at radius 2 is 1.81 bits per heavy atom. The van der Waals surface area contributed by atoms with E-state index in [0.717, 1.165) is 5.56 Å². The van der Waals surface area contributed by atoms with Gasteiger partial charge in [0.05, 0.1) is 5.70 Å². The highest BCUT2D eigenvalue weighted by Crippen LogP contribution is 2.29. The molecule has 0 bridgehead atoms. The van der Waals surface area contributed by atoms with Gasteiger partial charge >= 0.3 is 0 Å². The number of fused-ring (bicyclic) bond motifs is 1. The fourth-order valence-corrected chi connectivity index (χ4v) is 2.22. The summed E-state index contributed by atoms with van der Waals surface area (Å²) in [6, 6.07) is 12.7. The van der Waals surface area contributed by atoms with Crippen molar-refractivity contribution >= 4 is 28.8 Å². The zero-order valence-corrected chi connectivity index (χ0v) is 12.6. The molecule has 2 aromatic carbocycles. The molecule has 0 saturated heterocycles. The third kappa shape index (κ3) is 3.48. The van der Waals surface area contributed by atoms with E-state index in [9.17, 15) is 0 Å². The topological polar surface area (TPSA) is 15.6 Å². The van der Waals surface area contributed by atoms with Crippen molar-refractivity contribution in [2.75, 3.05) is 19.0 Å². The minimum absolute atomic E-state index is 0.704. The Kier molecular flexibility index (Phi) is 4.72. The second-order valence-electron chi connectivity index (χ2n) is 4.95. The summed E-state index contributed by atoms with van der Waals surface area (Å²) in [5, 5.41) is 2.46. The highest BCUT2D eigenvalue weighted by atomic mass is 15.1. The molecule has 0 aromatic heterocycles. The Hall–Kier alpha value is -2.61. The van der Waals surface area contributed by atoms with Crippen molar-refractivity contribution in [1.82, 2.24) is 0 Å². The lowest BCUT2D eigenvalue weighted by molar-refractivity contribution is 1.14. The van der Waals surface area contributed by atoms with E-state index in [1.54, 1.807) is 12.3 Å². The molecular weight excluding hydrogens is 256 g/mol. The predicted octanol–water partition coefficient (Wildman–Crippen LogP) is 4.69. The Bertz CT molecular complexity index is 721. The summed E-state index contributed by atoms with van der Waals surface area (Å²) in [6.45, 7) is 7.49. The first kappa shape index (κ1) is 14.8. The van der Waals surface area contributed by atoms with Crippen LogP contribution in [0.5, 0.6) is 0 Å². The maximum absolute atomic E-state index is 4.15. The summed E-state index contributed by atoms with van der Waals surface area (Å²) in [4.78, 5) is 6.28. The predicted molar refractivity (Wildman–Crippen MR) is 95.1 cm³/mol. The van der Waals surface area contributed by atoms with Gasteiger partial charge in [0.2, 0.25) is 0 Å². The number of aliphatic imine (C=N–C) groups is 1. The molecule has 0 unspecified atom stereocenters. The molecule has 0 aliphatic heterocycles. The molecular formula is C19H20N2. The number of hydrogen-bond acceptors (Lipinski definition) is 2. The van der Waals surface area contributed by atoms with E-state index in [0.29, 0.717) is 5.70 Å². The molecule has 0 amide bonds. The standard InChI is InChI=1S/C19H20N2/c1-5-14-20-15(2)10-11-16-12-13-19(21(3)4)18-9-7-6-8-17(16)18/h5-14H,1-2H2,3-4H3/b11-10+,20-14?. The van der Waals surface area contributed by atoms with E-state index in [2.05, 4.69) is 73.5 Å². The molecule has 2 rings (SSSR count). The van der Waals surface area contributed by atoms with Crippen molar-refractivity contribution < 1.29 is 0 Å². The zero-order chi connectivity index (χ0) is 15.2. The van der Waals surface area contributed by atoms with Gasteiger partial charge in [0.15, 0.2) is 0 Å². The number of benzene rings is 2. The van der Waals surface area contributed by atoms with Gasteiger partial charge in [0.25, 0.3) is 0 Å². The van der Waals surface area contributed by atoms with Gasteiger partial charge in [-0.3, -0.25) is 4.99 Å². The third-order valence-electron chi connectivity index (χ3n) is 3.22. The lowest BCUT2D eigenvalue weighted by Crippen LogP contribution is -2.09. The smallest absolute Gasteiger partial charge is 0.0558 e. The van der Waals surface area contributed by atoms with Crippen LogP contribution in [-0.2, 0) is 0 Å². The lowest BCUT2D eigenvalue weighted by atomic mass is 10.0. The minimum Gasteiger partial charge on any atom is -0.377 e. The lowest BCUT2D eigenvalue weighted by Gasteiger charge is -2.16. The maximum atomic E-state index is 4.15. The molecule has 0 aliphatic carbocycles. The average Bonchev–Trinajstić information content (AvgIpc) is 2.50. The molecule has 0 heterocycles. The number of anilines is 1. The van der Waals surface area contributed by atoms with E-state index >= 15 is 0 Å². The molecule has 21 heavy (non-hydrogen) atoms. The summed E-state index contributed by atoms with van der Waals surface area (Å²) in [6.07, 6.45) is 7.24. The first-order valence-electron chi connectivity index (χ1n) is 6.84. The first-order valence-corrected chi connectivity index (χ1v) is 6.84. The molecule has 2 nitrogen and oxygen atoms in total. The highest BCUT2D eigenvalue weighted by molar-refractivity contribution is 5.99. The molecule has 2 aromatic rings. The van der Waals surface area contributed by atoms with Crippen molar-refractivity contribution in [3.05, 3.63) is 73.0 Å². The van der Waals surface area contributed by atoms with E-state index in [1.807, 2.05) is 12.2 Å². The third-order valence-corrected chi connectivity index (χ3v) is 3.22. The average molecular weight is 276 g/mol. The van der Waals surface area contributed by atoms with Crippen LogP contribution in [-0.4, -0.2) is 20.3 Å². The van der Waals surface area contributed by atoms with Crippen LogP contribution < -0.4 is 4.90 Å². The zero-order valence-electron chi connectivity index (χ0n) is 12.6. The summed E-state index contributed by atoms with van der Waals surface area (Å²) >= 11 is 0. The molecule has 0 saturated carbocycles. The molecule has 0 radical (unpaired) electrons. The van der Waals surface area contributed by atoms with Crippen molar-refractivity contribution in [1.29, 1.82) is 0 Å². The number of allylic oxidation sites excluding steroid dienone is 2. The molecule has 0 spiro atoms. The number of nitrogens with zero attached hydrogens (tertiary/aromatic N) is 2. The van der Waals surface area contributed by atoms with Crippen LogP contribution in [0.2, 0.25) is 0 Å². The van der Waals surface area contributed by atoms with Crippen LogP contribution >= 0.6 is 0 Å². The van der Waals surface area contributed by atoms with E-state index in [1.165, 1.54) is 16.5 Å². The summed E-state index contributed by atoms with van der Waals surface area (Å²) in [5.41, 5.74) is 3.08. The summed E-state index contributed by atoms with van der Waals surface area (Å²) in [7, 11) is 4.12. The number of rotatable bonds is 5. The van der Waals surface area contributed by atoms with Crippen molar-refractivity contribution in [3.8, 4) is 0 Å². The second-order valence-corrected chi connectivity index (χ2v) is 4.95. The van der Waals surface area contributed by atoms with Crippen molar-refractivity contribution in [2.24, 2.45) is 4.99 Å². The van der Waals surface area contributed by atoms with Gasteiger partial charge in [-0.05, 0) is 23.1 Å². The fraction of sp³-hybridized carbons (Fsp3) is 0.105. The van der Waals surface area contributed by atoms with Crippen LogP contribution in [0.25, 0.3) is 16.8 Å². The minimum atomic E-state index is 0.704. The Morgan fingerprint density at radius 3 is 2.48 bits per heavy atom. The summed E-state index contributed by atoms with van der Waals surface area (Å²) < 4.78 is 0. The molecule has 2 heteroatoms. The van der Waals surface area contributed by atoms with Crippen LogP contribution in [0.15, 0.2) is 72.4 Å². The maximum Gasteiger partial charge on any atom is 0.0558 e. The fourth-order valence-electron chi connectivity index (χ4n) is 2.22. The van der Waals surface area contributed by atoms with E-state index < -0.39 is 0 Å². The van der Waals surface area contributed by atoms with Gasteiger partial charge in [0.1, 0.15) is 0 Å². The quantitative estimate of drug-likeness (QED) is 0.571. The van der Waals surface area contributed by atoms with Gasteiger partial charge in [-0.25, -0.2) is 0 Å². The normalized spacial score (nSPS) is 11.3. The van der Waals surface area contributed by atoms with Gasteiger partial charge in [-0.15, -0.1) is 0 Å². The van der Waals surface area contributed by atoms with Gasteiger partial charge in [-0.2, -0.15) is 0 Å². The van der Waals surface area contributed by atoms with Crippen LogP contribution in [0, 0.1) is 0 Å². The Morgan fingerprint density at radius 1 is 1.10 bits per heavy atom. The SMILES string of the molecule is C=CC=NC(=C)/C=C/c1ccc(N(C)C)c2ccccc12. The molecule has 0 N–H and O–H groups in total. The largest absolute Gasteiger partial charge is 0.377 e. The monoisotopic (exact) mass is 276 g/mol. The van der Waals surface area contributed by atoms with Crippen molar-refractivity contribution in [2.45, 2.75) is 0 Å². The first-order chi connectivity index (χ1) is 10.1. The van der Waals surface area contributed by atoms with Crippen molar-refractivity contribution in [3.63, 3.8) is 0 Å². The molecule has 0 atom stereocenters. The molecule has 106 valence electrons. The van der Waals surface area contributed by atoms with Gasteiger partial charge in [0, 0.05) is 31.4 Å².